The molecule has 31 heavy (non-hydrogen) atoms. The molecule has 0 aromatic heterocycles. The van der Waals surface area contributed by atoms with Crippen molar-refractivity contribution in [1.29, 1.82) is 0 Å². The lowest BCUT2D eigenvalue weighted by atomic mass is 9.73. The average molecular weight is 423 g/mol. The molecule has 2 aliphatic heterocycles. The van der Waals surface area contributed by atoms with Gasteiger partial charge in [-0.05, 0) is 30.0 Å². The Bertz CT molecular complexity index is 987. The molecule has 0 bridgehead atoms. The molecule has 2 amide bonds. The number of rotatable bonds is 4. The van der Waals surface area contributed by atoms with E-state index in [9.17, 15) is 19.1 Å². The van der Waals surface area contributed by atoms with Crippen molar-refractivity contribution in [2.45, 2.75) is 43.7 Å². The van der Waals surface area contributed by atoms with Gasteiger partial charge in [-0.2, -0.15) is 0 Å². The van der Waals surface area contributed by atoms with E-state index >= 15 is 0 Å². The van der Waals surface area contributed by atoms with Gasteiger partial charge in [-0.3, -0.25) is 9.59 Å². The second-order valence-electron chi connectivity index (χ2n) is 8.95. The van der Waals surface area contributed by atoms with Gasteiger partial charge in [0.15, 0.2) is 0 Å². The first-order valence-corrected chi connectivity index (χ1v) is 11.1. The van der Waals surface area contributed by atoms with Crippen LogP contribution >= 0.6 is 0 Å². The monoisotopic (exact) mass is 422 g/mol. The third-order valence-electron chi connectivity index (χ3n) is 7.25. The molecule has 6 heteroatoms. The molecule has 1 N–H and O–H groups in total. The van der Waals surface area contributed by atoms with Gasteiger partial charge < -0.3 is 14.9 Å². The van der Waals surface area contributed by atoms with Crippen molar-refractivity contribution in [3.63, 3.8) is 0 Å². The fraction of sp³-hybridized carbons (Fsp3) is 0.440. The molecule has 1 aliphatic carbocycles. The van der Waals surface area contributed by atoms with Gasteiger partial charge >= 0.3 is 0 Å². The number of nitrogens with zero attached hydrogens (tertiary/aromatic N) is 2. The lowest BCUT2D eigenvalue weighted by molar-refractivity contribution is -0.168. The second-order valence-corrected chi connectivity index (χ2v) is 8.95. The van der Waals surface area contributed by atoms with Crippen LogP contribution in [0.4, 0.5) is 4.39 Å². The number of aliphatic hydroxyl groups is 1. The standard InChI is InChI=1S/C25H27FN2O3/c26-20-8-4-3-7-19(20)16-9-11-17(12-10-16)24-21-13-27(25(31)18-5-1-2-6-18)14-23(30)28(21)22(24)15-29/h3-4,7-12,18,21-22,24,29H,1-2,5-6,13-15H2/t21-,22+,24+/m0/s1. The molecule has 3 aliphatic rings. The number of amides is 2. The van der Waals surface area contributed by atoms with Crippen LogP contribution in [0, 0.1) is 11.7 Å². The maximum absolute atomic E-state index is 14.1. The fourth-order valence-corrected chi connectivity index (χ4v) is 5.68. The zero-order valence-electron chi connectivity index (χ0n) is 17.4. The molecule has 2 saturated heterocycles. The molecule has 2 aromatic carbocycles. The minimum Gasteiger partial charge on any atom is -0.394 e. The Labute approximate surface area is 181 Å². The molecule has 3 fully saturated rings. The van der Waals surface area contributed by atoms with E-state index in [0.717, 1.165) is 36.8 Å². The highest BCUT2D eigenvalue weighted by molar-refractivity contribution is 5.88. The van der Waals surface area contributed by atoms with Crippen molar-refractivity contribution in [2.75, 3.05) is 19.7 Å². The summed E-state index contributed by atoms with van der Waals surface area (Å²) in [5.41, 5.74) is 2.34. The Balaban J connectivity index is 1.38. The molecule has 1 saturated carbocycles. The van der Waals surface area contributed by atoms with E-state index in [-0.39, 0.29) is 54.7 Å². The number of hydrogen-bond donors (Lipinski definition) is 1. The quantitative estimate of drug-likeness (QED) is 0.823. The van der Waals surface area contributed by atoms with Crippen LogP contribution in [0.2, 0.25) is 0 Å². The SMILES string of the molecule is O=C(C1CCCC1)N1CC(=O)N2[C@H](CO)[C@H](c3ccc(-c4ccccc4F)cc3)[C@@H]2C1. The molecule has 0 spiro atoms. The molecule has 5 rings (SSSR count). The van der Waals surface area contributed by atoms with Gasteiger partial charge in [0.05, 0.1) is 25.2 Å². The summed E-state index contributed by atoms with van der Waals surface area (Å²) >= 11 is 0. The largest absolute Gasteiger partial charge is 0.394 e. The second kappa shape index (κ2) is 8.08. The van der Waals surface area contributed by atoms with Crippen LogP contribution in [0.3, 0.4) is 0 Å². The topological polar surface area (TPSA) is 60.9 Å². The van der Waals surface area contributed by atoms with Crippen LogP contribution in [0.5, 0.6) is 0 Å². The summed E-state index contributed by atoms with van der Waals surface area (Å²) in [4.78, 5) is 29.2. The lowest BCUT2D eigenvalue weighted by Crippen LogP contribution is -2.73. The number of piperazine rings is 1. The van der Waals surface area contributed by atoms with Crippen LogP contribution in [0.25, 0.3) is 11.1 Å². The molecule has 2 aromatic rings. The van der Waals surface area contributed by atoms with Crippen molar-refractivity contribution in [3.8, 4) is 11.1 Å². The summed E-state index contributed by atoms with van der Waals surface area (Å²) in [5, 5.41) is 9.97. The van der Waals surface area contributed by atoms with Gasteiger partial charge in [0.25, 0.3) is 0 Å². The first kappa shape index (κ1) is 20.2. The summed E-state index contributed by atoms with van der Waals surface area (Å²) in [6.45, 7) is 0.511. The summed E-state index contributed by atoms with van der Waals surface area (Å²) in [6.07, 6.45) is 3.99. The van der Waals surface area contributed by atoms with Crippen LogP contribution in [-0.4, -0.2) is 58.5 Å². The summed E-state index contributed by atoms with van der Waals surface area (Å²) in [6, 6.07) is 13.9. The first-order chi connectivity index (χ1) is 15.1. The van der Waals surface area contributed by atoms with Crippen LogP contribution in [-0.2, 0) is 9.59 Å². The van der Waals surface area contributed by atoms with Crippen molar-refractivity contribution in [3.05, 3.63) is 59.9 Å². The van der Waals surface area contributed by atoms with E-state index in [2.05, 4.69) is 0 Å². The number of aliphatic hydroxyl groups excluding tert-OH is 1. The van der Waals surface area contributed by atoms with Gasteiger partial charge in [0.1, 0.15) is 5.82 Å². The number of carbonyl (C=O) groups excluding carboxylic acids is 2. The highest BCUT2D eigenvalue weighted by Crippen LogP contribution is 2.43. The number of benzene rings is 2. The van der Waals surface area contributed by atoms with E-state index < -0.39 is 0 Å². The van der Waals surface area contributed by atoms with E-state index in [1.54, 1.807) is 21.9 Å². The highest BCUT2D eigenvalue weighted by atomic mass is 19.1. The maximum Gasteiger partial charge on any atom is 0.242 e. The number of hydrogen-bond acceptors (Lipinski definition) is 3. The predicted molar refractivity (Wildman–Crippen MR) is 115 cm³/mol. The van der Waals surface area contributed by atoms with E-state index in [0.29, 0.717) is 12.1 Å². The fourth-order valence-electron chi connectivity index (χ4n) is 5.68. The molecule has 3 atom stereocenters. The molecular formula is C25H27FN2O3. The normalized spacial score (nSPS) is 26.0. The van der Waals surface area contributed by atoms with Crippen molar-refractivity contribution in [2.24, 2.45) is 5.92 Å². The molecule has 0 unspecified atom stereocenters. The van der Waals surface area contributed by atoms with Crippen molar-refractivity contribution in [1.82, 2.24) is 9.80 Å². The Hall–Kier alpha value is -2.73. The highest BCUT2D eigenvalue weighted by Gasteiger charge is 2.54. The van der Waals surface area contributed by atoms with Crippen molar-refractivity contribution < 1.29 is 19.1 Å². The number of halogens is 1. The number of fused-ring (bicyclic) bond motifs is 1. The third kappa shape index (κ3) is 3.43. The van der Waals surface area contributed by atoms with Gasteiger partial charge in [0, 0.05) is 23.9 Å². The molecule has 2 heterocycles. The van der Waals surface area contributed by atoms with Crippen LogP contribution < -0.4 is 0 Å². The molecule has 5 nitrogen and oxygen atoms in total. The van der Waals surface area contributed by atoms with E-state index in [1.807, 2.05) is 30.3 Å². The maximum atomic E-state index is 14.1. The minimum absolute atomic E-state index is 0.0391. The average Bonchev–Trinajstić information content (AvgIpc) is 3.30. The molecule has 0 radical (unpaired) electrons. The number of carbonyl (C=O) groups is 2. The Morgan fingerprint density at radius 3 is 2.45 bits per heavy atom. The minimum atomic E-state index is -0.277. The molecule has 162 valence electrons. The Morgan fingerprint density at radius 1 is 1.06 bits per heavy atom. The van der Waals surface area contributed by atoms with Crippen molar-refractivity contribution >= 4 is 11.8 Å². The Morgan fingerprint density at radius 2 is 1.77 bits per heavy atom. The van der Waals surface area contributed by atoms with Gasteiger partial charge in [-0.15, -0.1) is 0 Å². The third-order valence-corrected chi connectivity index (χ3v) is 7.25. The Kier molecular flexibility index (Phi) is 5.26. The first-order valence-electron chi connectivity index (χ1n) is 11.1. The predicted octanol–water partition coefficient (Wildman–Crippen LogP) is 3.18. The smallest absolute Gasteiger partial charge is 0.242 e. The lowest BCUT2D eigenvalue weighted by Gasteiger charge is -2.59. The van der Waals surface area contributed by atoms with Gasteiger partial charge in [-0.1, -0.05) is 55.3 Å². The van der Waals surface area contributed by atoms with Crippen LogP contribution in [0.15, 0.2) is 48.5 Å². The van der Waals surface area contributed by atoms with Gasteiger partial charge in [-0.25, -0.2) is 4.39 Å². The summed E-state index contributed by atoms with van der Waals surface area (Å²) in [7, 11) is 0. The van der Waals surface area contributed by atoms with E-state index in [1.165, 1.54) is 6.07 Å². The van der Waals surface area contributed by atoms with E-state index in [4.69, 9.17) is 0 Å². The van der Waals surface area contributed by atoms with Gasteiger partial charge in [0.2, 0.25) is 11.8 Å². The zero-order chi connectivity index (χ0) is 21.5. The van der Waals surface area contributed by atoms with Crippen LogP contribution in [0.1, 0.15) is 37.2 Å². The summed E-state index contributed by atoms with van der Waals surface area (Å²) in [5.74, 6) is -0.237. The zero-order valence-corrected chi connectivity index (χ0v) is 17.4. The summed E-state index contributed by atoms with van der Waals surface area (Å²) < 4.78 is 14.1. The molecular weight excluding hydrogens is 395 g/mol.